The van der Waals surface area contributed by atoms with Crippen molar-refractivity contribution >= 4 is 22.2 Å². The topological polar surface area (TPSA) is 71.4 Å². The lowest BCUT2D eigenvalue weighted by molar-refractivity contribution is 0.597. The maximum atomic E-state index is 11.2. The van der Waals surface area contributed by atoms with Crippen LogP contribution in [0.5, 0.6) is 0 Å². The molecule has 0 atom stereocenters. The smallest absolute Gasteiger partial charge is 0.287 e. The van der Waals surface area contributed by atoms with E-state index < -0.39 is 10.0 Å². The van der Waals surface area contributed by atoms with Gasteiger partial charge in [0.25, 0.3) is 10.0 Å². The molecule has 0 saturated heterocycles. The van der Waals surface area contributed by atoms with Crippen LogP contribution in [0.15, 0.2) is 27.6 Å². The van der Waals surface area contributed by atoms with Crippen molar-refractivity contribution in [2.75, 3.05) is 5.32 Å². The van der Waals surface area contributed by atoms with Crippen molar-refractivity contribution < 1.29 is 8.42 Å². The second-order valence-electron chi connectivity index (χ2n) is 2.20. The van der Waals surface area contributed by atoms with Crippen LogP contribution in [0.25, 0.3) is 0 Å². The Balaban J connectivity index is 2.75. The monoisotopic (exact) mass is 183 g/mol. The molecule has 1 aliphatic heterocycles. The molecule has 1 aromatic rings. The van der Waals surface area contributed by atoms with E-state index in [9.17, 15) is 8.42 Å². The molecule has 1 N–H and O–H groups in total. The highest BCUT2D eigenvalue weighted by Crippen LogP contribution is 2.21. The minimum absolute atomic E-state index is 0.118. The number of pyridine rings is 1. The quantitative estimate of drug-likeness (QED) is 0.624. The maximum absolute atomic E-state index is 11.2. The molecule has 0 fully saturated rings. The Morgan fingerprint density at radius 3 is 3.00 bits per heavy atom. The van der Waals surface area contributed by atoms with E-state index in [0.29, 0.717) is 5.82 Å². The summed E-state index contributed by atoms with van der Waals surface area (Å²) in [5.74, 6) is 0.326. The van der Waals surface area contributed by atoms with Gasteiger partial charge in [0.1, 0.15) is 11.2 Å². The van der Waals surface area contributed by atoms with E-state index in [-0.39, 0.29) is 4.90 Å². The van der Waals surface area contributed by atoms with Crippen LogP contribution in [0.2, 0.25) is 0 Å². The first-order valence-electron chi connectivity index (χ1n) is 3.20. The molecule has 2 rings (SSSR count). The first kappa shape index (κ1) is 7.23. The SMILES string of the molecule is O=S1(=O)N=CNc2ncccc21. The summed E-state index contributed by atoms with van der Waals surface area (Å²) in [6.07, 6.45) is 2.63. The van der Waals surface area contributed by atoms with Gasteiger partial charge in [0.15, 0.2) is 5.82 Å². The number of hydrogen-bond acceptors (Lipinski definition) is 4. The summed E-state index contributed by atoms with van der Waals surface area (Å²) in [6.45, 7) is 0. The molecule has 12 heavy (non-hydrogen) atoms. The van der Waals surface area contributed by atoms with Crippen molar-refractivity contribution in [3.8, 4) is 0 Å². The van der Waals surface area contributed by atoms with Crippen molar-refractivity contribution in [2.45, 2.75) is 4.90 Å². The molecule has 0 spiro atoms. The van der Waals surface area contributed by atoms with E-state index in [4.69, 9.17) is 0 Å². The summed E-state index contributed by atoms with van der Waals surface area (Å²) in [6, 6.07) is 3.01. The number of hydrogen-bond donors (Lipinski definition) is 1. The van der Waals surface area contributed by atoms with E-state index in [2.05, 4.69) is 14.7 Å². The third-order valence-corrected chi connectivity index (χ3v) is 2.71. The molecule has 62 valence electrons. The predicted molar refractivity (Wildman–Crippen MR) is 43.5 cm³/mol. The second kappa shape index (κ2) is 2.28. The van der Waals surface area contributed by atoms with Crippen molar-refractivity contribution in [1.29, 1.82) is 0 Å². The van der Waals surface area contributed by atoms with Gasteiger partial charge in [-0.15, -0.1) is 4.40 Å². The van der Waals surface area contributed by atoms with Crippen LogP contribution >= 0.6 is 0 Å². The van der Waals surface area contributed by atoms with Gasteiger partial charge in [-0.2, -0.15) is 8.42 Å². The molecule has 0 aromatic carbocycles. The lowest BCUT2D eigenvalue weighted by Crippen LogP contribution is -2.12. The minimum atomic E-state index is -3.50. The second-order valence-corrected chi connectivity index (χ2v) is 3.80. The van der Waals surface area contributed by atoms with Crippen LogP contribution in [0.3, 0.4) is 0 Å². The standard InChI is InChI=1S/C6H5N3O2S/c10-12(11)5-2-1-3-7-6(5)8-4-9-12/h1-4H,(H,7,8,9). The number of aromatic nitrogens is 1. The van der Waals surface area contributed by atoms with Gasteiger partial charge in [0.05, 0.1) is 0 Å². The molecule has 0 unspecified atom stereocenters. The van der Waals surface area contributed by atoms with Crippen molar-refractivity contribution in [3.05, 3.63) is 18.3 Å². The van der Waals surface area contributed by atoms with Crippen molar-refractivity contribution in [3.63, 3.8) is 0 Å². The Morgan fingerprint density at radius 2 is 2.25 bits per heavy atom. The van der Waals surface area contributed by atoms with Gasteiger partial charge >= 0.3 is 0 Å². The summed E-state index contributed by atoms with van der Waals surface area (Å²) in [4.78, 5) is 3.95. The summed E-state index contributed by atoms with van der Waals surface area (Å²) in [7, 11) is -3.50. The van der Waals surface area contributed by atoms with Gasteiger partial charge in [-0.1, -0.05) is 0 Å². The number of rotatable bonds is 0. The minimum Gasteiger partial charge on any atom is -0.329 e. The van der Waals surface area contributed by atoms with Crippen LogP contribution in [0.4, 0.5) is 5.82 Å². The lowest BCUT2D eigenvalue weighted by Gasteiger charge is -2.09. The average molecular weight is 183 g/mol. The van der Waals surface area contributed by atoms with Crippen molar-refractivity contribution in [1.82, 2.24) is 4.98 Å². The molecular weight excluding hydrogens is 178 g/mol. The Hall–Kier alpha value is -1.43. The number of fused-ring (bicyclic) bond motifs is 1. The largest absolute Gasteiger partial charge is 0.329 e. The van der Waals surface area contributed by atoms with Gasteiger partial charge in [0.2, 0.25) is 0 Å². The van der Waals surface area contributed by atoms with E-state index in [1.54, 1.807) is 6.07 Å². The molecule has 5 nitrogen and oxygen atoms in total. The zero-order valence-electron chi connectivity index (χ0n) is 5.93. The van der Waals surface area contributed by atoms with Crippen molar-refractivity contribution in [2.24, 2.45) is 4.40 Å². The zero-order valence-corrected chi connectivity index (χ0v) is 6.75. The van der Waals surface area contributed by atoms with Crippen LogP contribution in [0, 0.1) is 0 Å². The molecule has 0 amide bonds. The third-order valence-electron chi connectivity index (χ3n) is 1.44. The highest BCUT2D eigenvalue weighted by atomic mass is 32.2. The van der Waals surface area contributed by atoms with E-state index in [1.165, 1.54) is 12.3 Å². The number of nitrogens with zero attached hydrogens (tertiary/aromatic N) is 2. The van der Waals surface area contributed by atoms with Gasteiger partial charge in [-0.05, 0) is 12.1 Å². The highest BCUT2D eigenvalue weighted by Gasteiger charge is 2.20. The molecule has 0 aliphatic carbocycles. The highest BCUT2D eigenvalue weighted by molar-refractivity contribution is 7.90. The molecule has 1 aromatic heterocycles. The molecular formula is C6H5N3O2S. The van der Waals surface area contributed by atoms with Gasteiger partial charge in [0, 0.05) is 6.20 Å². The Labute approximate surface area is 69.2 Å². The van der Waals surface area contributed by atoms with E-state index in [0.717, 1.165) is 6.34 Å². The Kier molecular flexibility index (Phi) is 1.37. The summed E-state index contributed by atoms with van der Waals surface area (Å²) in [5, 5.41) is 2.64. The van der Waals surface area contributed by atoms with Crippen LogP contribution in [-0.2, 0) is 10.0 Å². The summed E-state index contributed by atoms with van der Waals surface area (Å²) < 4.78 is 25.7. The van der Waals surface area contributed by atoms with E-state index >= 15 is 0 Å². The van der Waals surface area contributed by atoms with Gasteiger partial charge < -0.3 is 5.32 Å². The lowest BCUT2D eigenvalue weighted by atomic mass is 10.4. The zero-order chi connectivity index (χ0) is 8.60. The Morgan fingerprint density at radius 1 is 1.42 bits per heavy atom. The van der Waals surface area contributed by atoms with E-state index in [1.807, 2.05) is 0 Å². The molecule has 2 heterocycles. The molecule has 0 radical (unpaired) electrons. The predicted octanol–water partition coefficient (Wildman–Crippen LogP) is 0.224. The molecule has 0 saturated carbocycles. The molecule has 0 bridgehead atoms. The fourth-order valence-corrected chi connectivity index (χ4v) is 1.83. The van der Waals surface area contributed by atoms with Gasteiger partial charge in [-0.25, -0.2) is 4.98 Å². The molecule has 1 aliphatic rings. The summed E-state index contributed by atoms with van der Waals surface area (Å²) >= 11 is 0. The first-order valence-corrected chi connectivity index (χ1v) is 4.64. The fourth-order valence-electron chi connectivity index (χ4n) is 0.921. The van der Waals surface area contributed by atoms with Crippen LogP contribution < -0.4 is 5.32 Å². The Bertz CT molecular complexity index is 438. The van der Waals surface area contributed by atoms with Crippen LogP contribution in [0.1, 0.15) is 0 Å². The average Bonchev–Trinajstić information content (AvgIpc) is 2.04. The molecule has 6 heteroatoms. The number of nitrogens with one attached hydrogen (secondary N) is 1. The first-order chi connectivity index (χ1) is 5.70. The summed E-state index contributed by atoms with van der Waals surface area (Å²) in [5.41, 5.74) is 0. The fraction of sp³-hybridized carbons (Fsp3) is 0. The van der Waals surface area contributed by atoms with Gasteiger partial charge in [-0.3, -0.25) is 0 Å². The number of anilines is 1. The third kappa shape index (κ3) is 0.964. The number of sulfonamides is 1. The van der Waals surface area contributed by atoms with Crippen LogP contribution in [-0.4, -0.2) is 19.7 Å². The normalized spacial score (nSPS) is 18.0. The maximum Gasteiger partial charge on any atom is 0.287 e.